The van der Waals surface area contributed by atoms with Gasteiger partial charge in [-0.3, -0.25) is 4.79 Å². The first-order chi connectivity index (χ1) is 9.40. The summed E-state index contributed by atoms with van der Waals surface area (Å²) in [6.07, 6.45) is 1.22. The van der Waals surface area contributed by atoms with Gasteiger partial charge in [0.25, 0.3) is 0 Å². The van der Waals surface area contributed by atoms with E-state index in [9.17, 15) is 4.79 Å². The van der Waals surface area contributed by atoms with Gasteiger partial charge in [-0.15, -0.1) is 0 Å². The quantitative estimate of drug-likeness (QED) is 0.342. The maximum Gasteiger partial charge on any atom is 0.238 e. The minimum atomic E-state index is -0.871. The second kappa shape index (κ2) is 5.15. The lowest BCUT2D eigenvalue weighted by molar-refractivity contribution is -0.127. The van der Waals surface area contributed by atoms with Gasteiger partial charge in [-0.05, 0) is 49.8 Å². The third-order valence-corrected chi connectivity index (χ3v) is 4.28. The minimum Gasteiger partial charge on any atom is -0.409 e. The molecule has 0 aliphatic heterocycles. The summed E-state index contributed by atoms with van der Waals surface area (Å²) in [5.41, 5.74) is 7.79. The van der Waals surface area contributed by atoms with Gasteiger partial charge in [-0.25, -0.2) is 0 Å². The van der Waals surface area contributed by atoms with Crippen LogP contribution in [0.5, 0.6) is 0 Å². The monoisotopic (exact) mass is 275 g/mol. The molecule has 0 atom stereocenters. The van der Waals surface area contributed by atoms with Crippen LogP contribution >= 0.6 is 0 Å². The molecule has 20 heavy (non-hydrogen) atoms. The molecule has 4 N–H and O–H groups in total. The Morgan fingerprint density at radius 1 is 1.45 bits per heavy atom. The smallest absolute Gasteiger partial charge is 0.238 e. The molecule has 1 aliphatic rings. The van der Waals surface area contributed by atoms with Gasteiger partial charge in [-0.1, -0.05) is 24.2 Å². The van der Waals surface area contributed by atoms with Crippen LogP contribution in [-0.4, -0.2) is 17.0 Å². The number of amides is 1. The van der Waals surface area contributed by atoms with Gasteiger partial charge in [0.2, 0.25) is 5.91 Å². The van der Waals surface area contributed by atoms with Crippen LogP contribution < -0.4 is 11.1 Å². The average Bonchev–Trinajstić information content (AvgIpc) is 2.39. The predicted octanol–water partition coefficient (Wildman–Crippen LogP) is 2.40. The molecule has 0 unspecified atom stereocenters. The molecule has 0 spiro atoms. The van der Waals surface area contributed by atoms with Crippen LogP contribution in [0.2, 0.25) is 0 Å². The number of aryl methyl sites for hydroxylation is 1. The number of nitrogens with two attached hydrogens (primary N) is 1. The lowest BCUT2D eigenvalue weighted by Crippen LogP contribution is -2.54. The molecule has 1 saturated carbocycles. The highest BCUT2D eigenvalue weighted by Crippen LogP contribution is 2.46. The van der Waals surface area contributed by atoms with Gasteiger partial charge in [0.05, 0.1) is 0 Å². The van der Waals surface area contributed by atoms with E-state index in [1.165, 1.54) is 0 Å². The largest absolute Gasteiger partial charge is 0.409 e. The molecule has 0 aromatic heterocycles. The van der Waals surface area contributed by atoms with E-state index in [0.717, 1.165) is 16.8 Å². The van der Waals surface area contributed by atoms with Crippen LogP contribution in [-0.2, 0) is 4.79 Å². The van der Waals surface area contributed by atoms with E-state index in [-0.39, 0.29) is 11.7 Å². The first kappa shape index (κ1) is 14.4. The van der Waals surface area contributed by atoms with Crippen LogP contribution in [0.3, 0.4) is 0 Å². The number of hydrogen-bond donors (Lipinski definition) is 3. The van der Waals surface area contributed by atoms with Crippen molar-refractivity contribution in [3.8, 4) is 0 Å². The summed E-state index contributed by atoms with van der Waals surface area (Å²) in [5, 5.41) is 14.9. The van der Waals surface area contributed by atoms with E-state index in [1.807, 2.05) is 39.0 Å². The zero-order valence-corrected chi connectivity index (χ0v) is 12.1. The fourth-order valence-corrected chi connectivity index (χ4v) is 2.86. The van der Waals surface area contributed by atoms with Crippen molar-refractivity contribution < 1.29 is 10.0 Å². The summed E-state index contributed by atoms with van der Waals surface area (Å²) in [6.45, 7) is 6.01. The molecule has 1 aliphatic carbocycles. The fourth-order valence-electron chi connectivity index (χ4n) is 2.86. The predicted molar refractivity (Wildman–Crippen MR) is 78.8 cm³/mol. The zero-order chi connectivity index (χ0) is 14.9. The Kier molecular flexibility index (Phi) is 3.70. The van der Waals surface area contributed by atoms with Gasteiger partial charge < -0.3 is 16.3 Å². The van der Waals surface area contributed by atoms with E-state index in [0.29, 0.717) is 18.8 Å². The Labute approximate surface area is 118 Å². The van der Waals surface area contributed by atoms with Gasteiger partial charge in [0.15, 0.2) is 5.84 Å². The van der Waals surface area contributed by atoms with Gasteiger partial charge >= 0.3 is 0 Å². The topological polar surface area (TPSA) is 87.7 Å². The van der Waals surface area contributed by atoms with Gasteiger partial charge in [0.1, 0.15) is 5.41 Å². The second-order valence-electron chi connectivity index (χ2n) is 5.78. The summed E-state index contributed by atoms with van der Waals surface area (Å²) in [4.78, 5) is 12.5. The lowest BCUT2D eigenvalue weighted by atomic mass is 9.61. The Bertz CT molecular complexity index is 560. The number of hydrogen-bond acceptors (Lipinski definition) is 3. The highest BCUT2D eigenvalue weighted by atomic mass is 16.4. The van der Waals surface area contributed by atoms with E-state index in [4.69, 9.17) is 10.9 Å². The molecule has 0 radical (unpaired) electrons. The molecule has 1 fully saturated rings. The van der Waals surface area contributed by atoms with Crippen molar-refractivity contribution in [3.05, 3.63) is 29.3 Å². The molecule has 5 heteroatoms. The minimum absolute atomic E-state index is 0.00148. The Morgan fingerprint density at radius 2 is 2.10 bits per heavy atom. The van der Waals surface area contributed by atoms with Crippen LogP contribution in [0.4, 0.5) is 5.69 Å². The highest BCUT2D eigenvalue weighted by Gasteiger charge is 2.52. The van der Waals surface area contributed by atoms with E-state index in [2.05, 4.69) is 10.5 Å². The van der Waals surface area contributed by atoms with Crippen molar-refractivity contribution >= 4 is 17.4 Å². The summed E-state index contributed by atoms with van der Waals surface area (Å²) in [5.74, 6) is 0.206. The molecule has 1 aromatic rings. The summed E-state index contributed by atoms with van der Waals surface area (Å²) in [6, 6.07) is 5.76. The number of carbonyl (C=O) groups is 1. The third kappa shape index (κ3) is 2.24. The summed E-state index contributed by atoms with van der Waals surface area (Å²) < 4.78 is 0. The van der Waals surface area contributed by atoms with Crippen LogP contribution in [0, 0.1) is 25.2 Å². The number of amidine groups is 1. The second-order valence-corrected chi connectivity index (χ2v) is 5.78. The maximum atomic E-state index is 12.5. The van der Waals surface area contributed by atoms with Gasteiger partial charge in [0, 0.05) is 5.69 Å². The highest BCUT2D eigenvalue weighted by molar-refractivity contribution is 6.12. The standard InChI is InChI=1S/C15H21N3O2/c1-9-7-15(8-9,13(16)18-20)14(19)17-12-6-4-5-10(2)11(12)3/h4-6,9,20H,7-8H2,1-3H3,(H2,16,18)(H,17,19). The van der Waals surface area contributed by atoms with Crippen molar-refractivity contribution in [3.63, 3.8) is 0 Å². The van der Waals surface area contributed by atoms with Crippen molar-refractivity contribution in [2.45, 2.75) is 33.6 Å². The molecule has 0 bridgehead atoms. The van der Waals surface area contributed by atoms with E-state index < -0.39 is 5.41 Å². The first-order valence-electron chi connectivity index (χ1n) is 6.76. The normalized spacial score (nSPS) is 25.9. The van der Waals surface area contributed by atoms with Crippen molar-refractivity contribution in [1.29, 1.82) is 0 Å². The van der Waals surface area contributed by atoms with Crippen molar-refractivity contribution in [2.24, 2.45) is 22.2 Å². The number of anilines is 1. The molecule has 1 aromatic carbocycles. The summed E-state index contributed by atoms with van der Waals surface area (Å²) in [7, 11) is 0. The first-order valence-corrected chi connectivity index (χ1v) is 6.76. The molecule has 5 nitrogen and oxygen atoms in total. The Balaban J connectivity index is 2.25. The van der Waals surface area contributed by atoms with E-state index >= 15 is 0 Å². The number of carbonyl (C=O) groups excluding carboxylic acids is 1. The lowest BCUT2D eigenvalue weighted by Gasteiger charge is -2.43. The zero-order valence-electron chi connectivity index (χ0n) is 12.1. The molecule has 2 rings (SSSR count). The number of rotatable bonds is 3. The molecule has 108 valence electrons. The molecular formula is C15H21N3O2. The molecular weight excluding hydrogens is 254 g/mol. The Hall–Kier alpha value is -2.04. The van der Waals surface area contributed by atoms with Crippen LogP contribution in [0.1, 0.15) is 30.9 Å². The number of oxime groups is 1. The van der Waals surface area contributed by atoms with Crippen molar-refractivity contribution in [2.75, 3.05) is 5.32 Å². The average molecular weight is 275 g/mol. The third-order valence-electron chi connectivity index (χ3n) is 4.28. The molecule has 1 amide bonds. The van der Waals surface area contributed by atoms with Crippen molar-refractivity contribution in [1.82, 2.24) is 0 Å². The summed E-state index contributed by atoms with van der Waals surface area (Å²) >= 11 is 0. The molecule has 0 heterocycles. The number of nitrogens with zero attached hydrogens (tertiary/aromatic N) is 1. The van der Waals surface area contributed by atoms with Crippen LogP contribution in [0.25, 0.3) is 0 Å². The Morgan fingerprint density at radius 3 is 2.65 bits per heavy atom. The van der Waals surface area contributed by atoms with Gasteiger partial charge in [-0.2, -0.15) is 0 Å². The number of nitrogens with one attached hydrogen (secondary N) is 1. The SMILES string of the molecule is Cc1cccc(NC(=O)C2(/C(N)=N/O)CC(C)C2)c1C. The maximum absolute atomic E-state index is 12.5. The fraction of sp³-hybridized carbons (Fsp3) is 0.467. The van der Waals surface area contributed by atoms with Crippen LogP contribution in [0.15, 0.2) is 23.4 Å². The van der Waals surface area contributed by atoms with E-state index in [1.54, 1.807) is 0 Å². The molecule has 0 saturated heterocycles. The number of benzene rings is 1.